The Morgan fingerprint density at radius 1 is 1.09 bits per heavy atom. The van der Waals surface area contributed by atoms with E-state index in [-0.39, 0.29) is 23.3 Å². The summed E-state index contributed by atoms with van der Waals surface area (Å²) in [5.41, 5.74) is 0.170. The van der Waals surface area contributed by atoms with E-state index in [1.54, 1.807) is 55.3 Å². The zero-order valence-corrected chi connectivity index (χ0v) is 18.5. The van der Waals surface area contributed by atoms with Crippen LogP contribution in [0.25, 0.3) is 22.8 Å². The Hall–Kier alpha value is -3.83. The number of nitrogens with zero attached hydrogens (tertiary/aromatic N) is 7. The highest BCUT2D eigenvalue weighted by atomic mass is 35.5. The minimum absolute atomic E-state index is 0.0889. The number of pyridine rings is 1. The summed E-state index contributed by atoms with van der Waals surface area (Å²) in [6.45, 7) is 0.433. The molecule has 1 amide bonds. The standard InChI is InChI=1S/C21H19ClN8O3/c1-29-9-7-21(32,19(29)31)16-10-15(28-33-16)13-5-3-4-12(23-13)14-11-17(22)25-20(24-14)26-18-6-8-30(2)27-18/h3-6,8,10-11,32H,7,9H2,1-2H3,(H,24,25,26,27)/t21-/m1/s1. The molecule has 4 aromatic heterocycles. The summed E-state index contributed by atoms with van der Waals surface area (Å²) in [6, 6.07) is 10.2. The molecule has 0 bridgehead atoms. The number of hydrogen-bond donors (Lipinski definition) is 2. The largest absolute Gasteiger partial charge is 0.373 e. The van der Waals surface area contributed by atoms with Gasteiger partial charge in [-0.25, -0.2) is 15.0 Å². The lowest BCUT2D eigenvalue weighted by atomic mass is 9.98. The van der Waals surface area contributed by atoms with E-state index in [2.05, 4.69) is 30.5 Å². The first-order valence-electron chi connectivity index (χ1n) is 10.1. The van der Waals surface area contributed by atoms with Crippen LogP contribution in [0.4, 0.5) is 11.8 Å². The topological polar surface area (TPSA) is 135 Å². The van der Waals surface area contributed by atoms with E-state index >= 15 is 0 Å². The second-order valence-corrected chi connectivity index (χ2v) is 8.11. The molecule has 12 heteroatoms. The number of hydrogen-bond acceptors (Lipinski definition) is 9. The lowest BCUT2D eigenvalue weighted by Crippen LogP contribution is -2.35. The third-order valence-corrected chi connectivity index (χ3v) is 5.54. The molecule has 0 radical (unpaired) electrons. The fourth-order valence-corrected chi connectivity index (χ4v) is 3.78. The van der Waals surface area contributed by atoms with Crippen molar-refractivity contribution in [3.05, 3.63) is 53.5 Å². The van der Waals surface area contributed by atoms with Crippen molar-refractivity contribution in [2.75, 3.05) is 18.9 Å². The van der Waals surface area contributed by atoms with Crippen molar-refractivity contribution in [1.29, 1.82) is 0 Å². The van der Waals surface area contributed by atoms with Crippen LogP contribution in [0.2, 0.25) is 5.15 Å². The third-order valence-electron chi connectivity index (χ3n) is 5.35. The number of carbonyl (C=O) groups is 1. The number of halogens is 1. The SMILES string of the molecule is CN1CC[C@@](O)(c2cc(-c3cccc(-c4cc(Cl)nc(Nc5ccn(C)n5)n4)n3)no2)C1=O. The van der Waals surface area contributed by atoms with Gasteiger partial charge >= 0.3 is 0 Å². The Morgan fingerprint density at radius 2 is 1.88 bits per heavy atom. The number of rotatable bonds is 5. The fourth-order valence-electron chi connectivity index (χ4n) is 3.59. The molecule has 1 saturated heterocycles. The maximum atomic E-state index is 12.3. The average molecular weight is 467 g/mol. The highest BCUT2D eigenvalue weighted by Crippen LogP contribution is 2.34. The van der Waals surface area contributed by atoms with Gasteiger partial charge in [0.15, 0.2) is 11.6 Å². The zero-order valence-electron chi connectivity index (χ0n) is 17.7. The van der Waals surface area contributed by atoms with Crippen molar-refractivity contribution in [3.63, 3.8) is 0 Å². The monoisotopic (exact) mass is 466 g/mol. The molecule has 1 atom stereocenters. The molecule has 2 N–H and O–H groups in total. The van der Waals surface area contributed by atoms with Crippen molar-refractivity contribution in [2.45, 2.75) is 12.0 Å². The van der Waals surface area contributed by atoms with Crippen LogP contribution in [-0.4, -0.2) is 59.4 Å². The van der Waals surface area contributed by atoms with Crippen molar-refractivity contribution in [3.8, 4) is 22.8 Å². The molecular weight excluding hydrogens is 448 g/mol. The molecule has 0 saturated carbocycles. The molecule has 1 aliphatic rings. The van der Waals surface area contributed by atoms with Gasteiger partial charge in [0.2, 0.25) is 11.5 Å². The molecule has 0 spiro atoms. The van der Waals surface area contributed by atoms with Crippen LogP contribution in [0.15, 0.2) is 47.1 Å². The normalized spacial score (nSPS) is 18.2. The van der Waals surface area contributed by atoms with Crippen molar-refractivity contribution < 1.29 is 14.4 Å². The Bertz CT molecular complexity index is 1350. The van der Waals surface area contributed by atoms with E-state index in [1.165, 1.54) is 11.0 Å². The van der Waals surface area contributed by atoms with Gasteiger partial charge in [-0.3, -0.25) is 9.48 Å². The number of likely N-dealkylation sites (tertiary alicyclic amines) is 1. The van der Waals surface area contributed by atoms with Gasteiger partial charge in [-0.2, -0.15) is 5.10 Å². The summed E-state index contributed by atoms with van der Waals surface area (Å²) in [4.78, 5) is 27.1. The minimum Gasteiger partial charge on any atom is -0.373 e. The van der Waals surface area contributed by atoms with Crippen LogP contribution in [0.1, 0.15) is 12.2 Å². The first-order valence-corrected chi connectivity index (χ1v) is 10.4. The first kappa shape index (κ1) is 21.0. The zero-order chi connectivity index (χ0) is 23.2. The second-order valence-electron chi connectivity index (χ2n) is 7.72. The molecule has 11 nitrogen and oxygen atoms in total. The summed E-state index contributed by atoms with van der Waals surface area (Å²) in [5, 5.41) is 22.3. The van der Waals surface area contributed by atoms with E-state index in [9.17, 15) is 9.90 Å². The molecule has 33 heavy (non-hydrogen) atoms. The Balaban J connectivity index is 1.45. The maximum Gasteiger partial charge on any atom is 0.262 e. The van der Waals surface area contributed by atoms with Crippen LogP contribution in [0, 0.1) is 0 Å². The predicted octanol–water partition coefficient (Wildman–Crippen LogP) is 2.37. The number of aliphatic hydroxyl groups is 1. The number of aromatic nitrogens is 6. The molecule has 0 unspecified atom stereocenters. The lowest BCUT2D eigenvalue weighted by Gasteiger charge is -2.16. The Labute approximate surface area is 193 Å². The minimum atomic E-state index is -1.72. The van der Waals surface area contributed by atoms with Gasteiger partial charge in [0, 0.05) is 51.5 Å². The van der Waals surface area contributed by atoms with Crippen LogP contribution >= 0.6 is 11.6 Å². The summed E-state index contributed by atoms with van der Waals surface area (Å²) < 4.78 is 6.98. The van der Waals surface area contributed by atoms with E-state index in [1.807, 2.05) is 0 Å². The lowest BCUT2D eigenvalue weighted by molar-refractivity contribution is -0.144. The molecule has 0 aliphatic carbocycles. The quantitative estimate of drug-likeness (QED) is 0.425. The number of nitrogens with one attached hydrogen (secondary N) is 1. The predicted molar refractivity (Wildman–Crippen MR) is 118 cm³/mol. The van der Waals surface area contributed by atoms with Crippen LogP contribution in [0.5, 0.6) is 0 Å². The van der Waals surface area contributed by atoms with Gasteiger partial charge in [-0.1, -0.05) is 22.8 Å². The van der Waals surface area contributed by atoms with Gasteiger partial charge in [0.05, 0.1) is 17.1 Å². The van der Waals surface area contributed by atoms with Crippen molar-refractivity contribution in [2.24, 2.45) is 7.05 Å². The third kappa shape index (κ3) is 3.92. The van der Waals surface area contributed by atoms with Gasteiger partial charge in [0.25, 0.3) is 5.91 Å². The summed E-state index contributed by atoms with van der Waals surface area (Å²) in [5.74, 6) is 0.521. The van der Waals surface area contributed by atoms with Gasteiger partial charge < -0.3 is 19.8 Å². The highest BCUT2D eigenvalue weighted by Gasteiger charge is 2.48. The number of aryl methyl sites for hydroxylation is 1. The highest BCUT2D eigenvalue weighted by molar-refractivity contribution is 6.29. The molecule has 168 valence electrons. The number of anilines is 2. The van der Waals surface area contributed by atoms with Crippen molar-refractivity contribution >= 4 is 29.3 Å². The van der Waals surface area contributed by atoms with E-state index in [0.717, 1.165) is 0 Å². The van der Waals surface area contributed by atoms with E-state index < -0.39 is 11.5 Å². The second kappa shape index (κ2) is 7.94. The van der Waals surface area contributed by atoms with E-state index in [0.29, 0.717) is 35.1 Å². The number of likely N-dealkylation sites (N-methyl/N-ethyl adjacent to an activating group) is 1. The van der Waals surface area contributed by atoms with Crippen LogP contribution < -0.4 is 5.32 Å². The molecular formula is C21H19ClN8O3. The van der Waals surface area contributed by atoms with Gasteiger partial charge in [-0.15, -0.1) is 0 Å². The first-order chi connectivity index (χ1) is 15.8. The molecule has 4 aromatic rings. The number of amides is 1. The van der Waals surface area contributed by atoms with Crippen LogP contribution in [-0.2, 0) is 17.4 Å². The molecule has 1 fully saturated rings. The summed E-state index contributed by atoms with van der Waals surface area (Å²) in [6.07, 6.45) is 2.02. The Kier molecular flexibility index (Phi) is 5.06. The molecule has 5 heterocycles. The summed E-state index contributed by atoms with van der Waals surface area (Å²) in [7, 11) is 3.44. The Morgan fingerprint density at radius 3 is 2.58 bits per heavy atom. The van der Waals surface area contributed by atoms with Gasteiger partial charge in [-0.05, 0) is 12.1 Å². The summed E-state index contributed by atoms with van der Waals surface area (Å²) >= 11 is 6.21. The average Bonchev–Trinajstić information content (AvgIpc) is 3.51. The molecule has 1 aliphatic heterocycles. The molecule has 5 rings (SSSR count). The fraction of sp³-hybridized carbons (Fsp3) is 0.238. The van der Waals surface area contributed by atoms with E-state index in [4.69, 9.17) is 16.1 Å². The smallest absolute Gasteiger partial charge is 0.262 e. The number of carbonyl (C=O) groups excluding carboxylic acids is 1. The van der Waals surface area contributed by atoms with Crippen molar-refractivity contribution in [1.82, 2.24) is 34.8 Å². The van der Waals surface area contributed by atoms with Gasteiger partial charge in [0.1, 0.15) is 10.8 Å². The maximum absolute atomic E-state index is 12.3. The molecule has 0 aromatic carbocycles. The van der Waals surface area contributed by atoms with Crippen LogP contribution in [0.3, 0.4) is 0 Å².